The fourth-order valence-corrected chi connectivity index (χ4v) is 4.22. The molecule has 1 aromatic heterocycles. The predicted octanol–water partition coefficient (Wildman–Crippen LogP) is 2.52. The predicted molar refractivity (Wildman–Crippen MR) is 112 cm³/mol. The molecule has 3 rings (SSSR count). The standard InChI is InChI=1S/C22H32N4O4/c1-4-30-21(27)22(9-11-28-2)8-5-10-25(15-22)13-18-6-7-20(29-3)19(12-18)14-26-17-23-16-24-26/h6-7,12,16-17H,4-5,8-11,13-15H2,1-3H3/t22-/m0/s1. The van der Waals surface area contributed by atoms with E-state index in [0.29, 0.717) is 32.7 Å². The van der Waals surface area contributed by atoms with Crippen molar-refractivity contribution in [2.24, 2.45) is 5.41 Å². The first-order valence-corrected chi connectivity index (χ1v) is 10.5. The van der Waals surface area contributed by atoms with Crippen LogP contribution in [0.3, 0.4) is 0 Å². The van der Waals surface area contributed by atoms with Gasteiger partial charge in [0.15, 0.2) is 0 Å². The van der Waals surface area contributed by atoms with E-state index in [4.69, 9.17) is 14.2 Å². The molecule has 0 unspecified atom stereocenters. The lowest BCUT2D eigenvalue weighted by Crippen LogP contribution is -2.48. The van der Waals surface area contributed by atoms with E-state index in [9.17, 15) is 4.79 Å². The molecule has 1 fully saturated rings. The van der Waals surface area contributed by atoms with Crippen LogP contribution in [0, 0.1) is 5.41 Å². The zero-order chi connectivity index (χ0) is 21.4. The number of rotatable bonds is 10. The van der Waals surface area contributed by atoms with Gasteiger partial charge in [-0.3, -0.25) is 9.69 Å². The van der Waals surface area contributed by atoms with Crippen LogP contribution in [0.25, 0.3) is 0 Å². The lowest BCUT2D eigenvalue weighted by Gasteiger charge is -2.41. The largest absolute Gasteiger partial charge is 0.496 e. The number of benzene rings is 1. The van der Waals surface area contributed by atoms with Crippen LogP contribution in [0.1, 0.15) is 37.3 Å². The van der Waals surface area contributed by atoms with Crippen molar-refractivity contribution < 1.29 is 19.0 Å². The summed E-state index contributed by atoms with van der Waals surface area (Å²) in [4.78, 5) is 19.2. The van der Waals surface area contributed by atoms with Crippen molar-refractivity contribution in [1.29, 1.82) is 0 Å². The van der Waals surface area contributed by atoms with Crippen molar-refractivity contribution in [2.45, 2.75) is 39.3 Å². The van der Waals surface area contributed by atoms with E-state index in [0.717, 1.165) is 37.2 Å². The van der Waals surface area contributed by atoms with E-state index >= 15 is 0 Å². The van der Waals surface area contributed by atoms with Gasteiger partial charge >= 0.3 is 5.97 Å². The normalized spacial score (nSPS) is 19.6. The molecule has 8 nitrogen and oxygen atoms in total. The number of esters is 1. The summed E-state index contributed by atoms with van der Waals surface area (Å²) >= 11 is 0. The van der Waals surface area contributed by atoms with Gasteiger partial charge in [0.2, 0.25) is 0 Å². The van der Waals surface area contributed by atoms with E-state index in [2.05, 4.69) is 27.1 Å². The highest BCUT2D eigenvalue weighted by atomic mass is 16.5. The lowest BCUT2D eigenvalue weighted by molar-refractivity contribution is -0.160. The Kier molecular flexibility index (Phi) is 7.81. The van der Waals surface area contributed by atoms with Crippen molar-refractivity contribution >= 4 is 5.97 Å². The SMILES string of the molecule is CCOC(=O)[C@]1(CCOC)CCCN(Cc2ccc(OC)c(Cn3cncn3)c2)C1. The summed E-state index contributed by atoms with van der Waals surface area (Å²) in [5.41, 5.74) is 1.73. The maximum atomic E-state index is 12.8. The Hall–Kier alpha value is -2.45. The van der Waals surface area contributed by atoms with Crippen molar-refractivity contribution in [3.63, 3.8) is 0 Å². The molecule has 0 saturated carbocycles. The molecule has 30 heavy (non-hydrogen) atoms. The molecule has 1 aromatic carbocycles. The fraction of sp³-hybridized carbons (Fsp3) is 0.591. The number of carbonyl (C=O) groups is 1. The van der Waals surface area contributed by atoms with Gasteiger partial charge in [0, 0.05) is 32.4 Å². The van der Waals surface area contributed by atoms with Crippen LogP contribution in [-0.2, 0) is 27.4 Å². The number of hydrogen-bond acceptors (Lipinski definition) is 7. The highest BCUT2D eigenvalue weighted by Gasteiger charge is 2.43. The van der Waals surface area contributed by atoms with Crippen LogP contribution < -0.4 is 4.74 Å². The summed E-state index contributed by atoms with van der Waals surface area (Å²) in [7, 11) is 3.35. The highest BCUT2D eigenvalue weighted by molar-refractivity contribution is 5.77. The minimum absolute atomic E-state index is 0.103. The maximum Gasteiger partial charge on any atom is 0.313 e. The third-order valence-electron chi connectivity index (χ3n) is 5.70. The molecule has 1 atom stereocenters. The van der Waals surface area contributed by atoms with Gasteiger partial charge in [-0.25, -0.2) is 9.67 Å². The topological polar surface area (TPSA) is 78.7 Å². The van der Waals surface area contributed by atoms with Gasteiger partial charge < -0.3 is 14.2 Å². The van der Waals surface area contributed by atoms with E-state index in [1.807, 2.05) is 13.0 Å². The number of aromatic nitrogens is 3. The average Bonchev–Trinajstić information content (AvgIpc) is 3.26. The van der Waals surface area contributed by atoms with Gasteiger partial charge in [-0.05, 0) is 50.4 Å². The number of ether oxygens (including phenoxy) is 3. The van der Waals surface area contributed by atoms with E-state index in [1.54, 1.807) is 25.2 Å². The molecule has 1 saturated heterocycles. The highest BCUT2D eigenvalue weighted by Crippen LogP contribution is 2.36. The Balaban J connectivity index is 1.75. The fourth-order valence-electron chi connectivity index (χ4n) is 4.22. The third-order valence-corrected chi connectivity index (χ3v) is 5.70. The number of piperidine rings is 1. The molecule has 0 bridgehead atoms. The second kappa shape index (κ2) is 10.5. The molecule has 1 aliphatic heterocycles. The molecular formula is C22H32N4O4. The second-order valence-corrected chi connectivity index (χ2v) is 7.80. The van der Waals surface area contributed by atoms with Gasteiger partial charge in [-0.2, -0.15) is 5.10 Å². The summed E-state index contributed by atoms with van der Waals surface area (Å²) in [6, 6.07) is 6.23. The van der Waals surface area contributed by atoms with Crippen molar-refractivity contribution in [1.82, 2.24) is 19.7 Å². The molecule has 0 aliphatic carbocycles. The van der Waals surface area contributed by atoms with Gasteiger partial charge in [-0.1, -0.05) is 6.07 Å². The molecule has 0 radical (unpaired) electrons. The molecule has 0 N–H and O–H groups in total. The van der Waals surface area contributed by atoms with Crippen molar-refractivity contribution in [3.05, 3.63) is 42.0 Å². The van der Waals surface area contributed by atoms with Crippen LogP contribution in [0.2, 0.25) is 0 Å². The third kappa shape index (κ3) is 5.37. The minimum atomic E-state index is -0.500. The first kappa shape index (κ1) is 22.2. The maximum absolute atomic E-state index is 12.8. The first-order chi connectivity index (χ1) is 14.6. The molecule has 8 heteroatoms. The van der Waals surface area contributed by atoms with Crippen molar-refractivity contribution in [2.75, 3.05) is 40.5 Å². The molecular weight excluding hydrogens is 384 g/mol. The number of methoxy groups -OCH3 is 2. The Labute approximate surface area is 178 Å². The number of hydrogen-bond donors (Lipinski definition) is 0. The molecule has 1 aliphatic rings. The quantitative estimate of drug-likeness (QED) is 0.551. The van der Waals surface area contributed by atoms with Crippen molar-refractivity contribution in [3.8, 4) is 5.75 Å². The van der Waals surface area contributed by atoms with Crippen LogP contribution in [0.4, 0.5) is 0 Å². The number of likely N-dealkylation sites (tertiary alicyclic amines) is 1. The monoisotopic (exact) mass is 416 g/mol. The minimum Gasteiger partial charge on any atom is -0.496 e. The number of nitrogens with zero attached hydrogens (tertiary/aromatic N) is 4. The summed E-state index contributed by atoms with van der Waals surface area (Å²) in [5, 5.41) is 4.19. The summed E-state index contributed by atoms with van der Waals surface area (Å²) < 4.78 is 18.0. The molecule has 0 amide bonds. The summed E-state index contributed by atoms with van der Waals surface area (Å²) in [5.74, 6) is 0.724. The molecule has 2 aromatic rings. The zero-order valence-corrected chi connectivity index (χ0v) is 18.2. The van der Waals surface area contributed by atoms with Crippen LogP contribution in [0.15, 0.2) is 30.9 Å². The summed E-state index contributed by atoms with van der Waals surface area (Å²) in [6.07, 6.45) is 5.70. The van der Waals surface area contributed by atoms with Crippen LogP contribution in [0.5, 0.6) is 5.75 Å². The second-order valence-electron chi connectivity index (χ2n) is 7.80. The van der Waals surface area contributed by atoms with Gasteiger partial charge in [0.25, 0.3) is 0 Å². The van der Waals surface area contributed by atoms with E-state index in [1.165, 1.54) is 11.9 Å². The molecule has 2 heterocycles. The van der Waals surface area contributed by atoms with Gasteiger partial charge in [0.05, 0.1) is 25.7 Å². The lowest BCUT2D eigenvalue weighted by atomic mass is 9.77. The van der Waals surface area contributed by atoms with E-state index < -0.39 is 5.41 Å². The van der Waals surface area contributed by atoms with Crippen LogP contribution >= 0.6 is 0 Å². The molecule has 164 valence electrons. The summed E-state index contributed by atoms with van der Waals surface area (Å²) in [6.45, 7) is 5.81. The Bertz CT molecular complexity index is 811. The van der Waals surface area contributed by atoms with Crippen LogP contribution in [-0.4, -0.2) is 66.2 Å². The smallest absolute Gasteiger partial charge is 0.313 e. The average molecular weight is 417 g/mol. The van der Waals surface area contributed by atoms with Gasteiger partial charge in [-0.15, -0.1) is 0 Å². The number of carbonyl (C=O) groups excluding carboxylic acids is 1. The zero-order valence-electron chi connectivity index (χ0n) is 18.2. The van der Waals surface area contributed by atoms with E-state index in [-0.39, 0.29) is 5.97 Å². The Morgan fingerprint density at radius 1 is 1.27 bits per heavy atom. The van der Waals surface area contributed by atoms with Gasteiger partial charge in [0.1, 0.15) is 18.4 Å². The Morgan fingerprint density at radius 2 is 2.13 bits per heavy atom. The molecule has 0 spiro atoms. The first-order valence-electron chi connectivity index (χ1n) is 10.5. The Morgan fingerprint density at radius 3 is 2.83 bits per heavy atom.